The van der Waals surface area contributed by atoms with Crippen LogP contribution in [0.25, 0.3) is 0 Å². The number of hydrogen-bond acceptors (Lipinski definition) is 5. The van der Waals surface area contributed by atoms with Crippen LogP contribution >= 0.6 is 0 Å². The Balaban J connectivity index is 2.30. The molecule has 15 heavy (non-hydrogen) atoms. The summed E-state index contributed by atoms with van der Waals surface area (Å²) in [6.07, 6.45) is 0.859. The fourth-order valence-electron chi connectivity index (χ4n) is 1.82. The number of esters is 1. The normalized spacial score (nSPS) is 25.5. The van der Waals surface area contributed by atoms with E-state index in [1.54, 1.807) is 7.11 Å². The summed E-state index contributed by atoms with van der Waals surface area (Å²) >= 11 is 0. The lowest BCUT2D eigenvalue weighted by Gasteiger charge is -2.17. The number of rotatable bonds is 6. The van der Waals surface area contributed by atoms with Crippen molar-refractivity contribution < 1.29 is 14.3 Å². The molecular weight excluding hydrogens is 196 g/mol. The largest absolute Gasteiger partial charge is 0.463 e. The van der Waals surface area contributed by atoms with Crippen molar-refractivity contribution in [2.45, 2.75) is 12.5 Å². The van der Waals surface area contributed by atoms with E-state index >= 15 is 0 Å². The third-order valence-corrected chi connectivity index (χ3v) is 2.61. The first-order valence-electron chi connectivity index (χ1n) is 5.33. The van der Waals surface area contributed by atoms with E-state index in [4.69, 9.17) is 9.47 Å². The van der Waals surface area contributed by atoms with Gasteiger partial charge in [0.05, 0.1) is 12.5 Å². The second-order valence-corrected chi connectivity index (χ2v) is 3.67. The van der Waals surface area contributed by atoms with Gasteiger partial charge >= 0.3 is 5.97 Å². The molecule has 0 aliphatic carbocycles. The molecule has 1 rings (SSSR count). The molecular formula is C10H20N2O3. The van der Waals surface area contributed by atoms with E-state index < -0.39 is 0 Å². The zero-order valence-electron chi connectivity index (χ0n) is 9.41. The van der Waals surface area contributed by atoms with Gasteiger partial charge in [-0.2, -0.15) is 0 Å². The second-order valence-electron chi connectivity index (χ2n) is 3.67. The van der Waals surface area contributed by atoms with Crippen molar-refractivity contribution in [2.75, 3.05) is 40.5 Å². The highest BCUT2D eigenvalue weighted by atomic mass is 16.6. The van der Waals surface area contributed by atoms with Gasteiger partial charge in [-0.05, 0) is 20.0 Å². The van der Waals surface area contributed by atoms with Crippen molar-refractivity contribution in [3.8, 4) is 0 Å². The average Bonchev–Trinajstić information content (AvgIpc) is 2.67. The number of likely N-dealkylation sites (N-methyl/N-ethyl adjacent to an activating group) is 1. The molecule has 1 aliphatic rings. The van der Waals surface area contributed by atoms with E-state index in [0.717, 1.165) is 19.5 Å². The van der Waals surface area contributed by atoms with E-state index in [-0.39, 0.29) is 17.9 Å². The number of carbonyl (C=O) groups is 1. The fraction of sp³-hybridized carbons (Fsp3) is 0.900. The Bertz CT molecular complexity index is 199. The predicted molar refractivity (Wildman–Crippen MR) is 56.7 cm³/mol. The van der Waals surface area contributed by atoms with Crippen LogP contribution in [0.5, 0.6) is 0 Å². The molecule has 5 nitrogen and oxygen atoms in total. The lowest BCUT2D eigenvalue weighted by molar-refractivity contribution is -0.150. The molecule has 1 fully saturated rings. The first kappa shape index (κ1) is 12.4. The Labute approximate surface area is 90.5 Å². The van der Waals surface area contributed by atoms with Crippen LogP contribution in [-0.2, 0) is 14.3 Å². The molecule has 0 radical (unpaired) electrons. The van der Waals surface area contributed by atoms with Crippen LogP contribution in [-0.4, -0.2) is 52.5 Å². The summed E-state index contributed by atoms with van der Waals surface area (Å²) in [5.41, 5.74) is 0. The van der Waals surface area contributed by atoms with E-state index in [1.807, 2.05) is 7.05 Å². The lowest BCUT2D eigenvalue weighted by Crippen LogP contribution is -2.40. The van der Waals surface area contributed by atoms with E-state index in [9.17, 15) is 4.79 Å². The average molecular weight is 216 g/mol. The van der Waals surface area contributed by atoms with Crippen molar-refractivity contribution in [1.29, 1.82) is 0 Å². The van der Waals surface area contributed by atoms with E-state index in [2.05, 4.69) is 10.6 Å². The van der Waals surface area contributed by atoms with Crippen LogP contribution < -0.4 is 10.6 Å². The summed E-state index contributed by atoms with van der Waals surface area (Å²) in [5, 5.41) is 6.35. The van der Waals surface area contributed by atoms with Gasteiger partial charge in [0.1, 0.15) is 6.61 Å². The smallest absolute Gasteiger partial charge is 0.310 e. The van der Waals surface area contributed by atoms with Gasteiger partial charge in [0.2, 0.25) is 0 Å². The van der Waals surface area contributed by atoms with Crippen LogP contribution in [0.15, 0.2) is 0 Å². The molecule has 5 heteroatoms. The molecule has 2 atom stereocenters. The summed E-state index contributed by atoms with van der Waals surface area (Å²) in [6.45, 7) is 2.49. The topological polar surface area (TPSA) is 59.6 Å². The molecule has 1 saturated heterocycles. The summed E-state index contributed by atoms with van der Waals surface area (Å²) in [7, 11) is 3.47. The molecule has 0 aromatic heterocycles. The van der Waals surface area contributed by atoms with E-state index in [1.165, 1.54) is 0 Å². The van der Waals surface area contributed by atoms with E-state index in [0.29, 0.717) is 13.2 Å². The van der Waals surface area contributed by atoms with Gasteiger partial charge in [0, 0.05) is 19.7 Å². The Morgan fingerprint density at radius 1 is 1.53 bits per heavy atom. The van der Waals surface area contributed by atoms with Crippen LogP contribution in [0.2, 0.25) is 0 Å². The van der Waals surface area contributed by atoms with Gasteiger partial charge in [-0.15, -0.1) is 0 Å². The van der Waals surface area contributed by atoms with Gasteiger partial charge in [0.15, 0.2) is 0 Å². The first-order chi connectivity index (χ1) is 7.29. The maximum Gasteiger partial charge on any atom is 0.310 e. The van der Waals surface area contributed by atoms with Gasteiger partial charge in [-0.3, -0.25) is 4.79 Å². The van der Waals surface area contributed by atoms with Crippen molar-refractivity contribution in [1.82, 2.24) is 10.6 Å². The number of ether oxygens (including phenoxy) is 2. The third-order valence-electron chi connectivity index (χ3n) is 2.61. The van der Waals surface area contributed by atoms with Gasteiger partial charge in [0.25, 0.3) is 0 Å². The van der Waals surface area contributed by atoms with Crippen LogP contribution in [0, 0.1) is 5.92 Å². The number of hydrogen-bond donors (Lipinski definition) is 2. The molecule has 0 saturated carbocycles. The van der Waals surface area contributed by atoms with Crippen LogP contribution in [0.1, 0.15) is 6.42 Å². The SMILES string of the molecule is CNCC1NCCC1C(=O)OCCOC. The fourth-order valence-corrected chi connectivity index (χ4v) is 1.82. The summed E-state index contributed by atoms with van der Waals surface area (Å²) in [4.78, 5) is 11.7. The second kappa shape index (κ2) is 6.76. The van der Waals surface area contributed by atoms with Crippen LogP contribution in [0.4, 0.5) is 0 Å². The molecule has 0 aromatic rings. The number of nitrogens with one attached hydrogen (secondary N) is 2. The molecule has 0 spiro atoms. The maximum absolute atomic E-state index is 11.7. The first-order valence-corrected chi connectivity index (χ1v) is 5.33. The minimum Gasteiger partial charge on any atom is -0.463 e. The molecule has 2 N–H and O–H groups in total. The zero-order chi connectivity index (χ0) is 11.1. The monoisotopic (exact) mass is 216 g/mol. The highest BCUT2D eigenvalue weighted by molar-refractivity contribution is 5.73. The lowest BCUT2D eigenvalue weighted by atomic mass is 10.0. The highest BCUT2D eigenvalue weighted by Crippen LogP contribution is 2.16. The van der Waals surface area contributed by atoms with Crippen molar-refractivity contribution in [2.24, 2.45) is 5.92 Å². The summed E-state index contributed by atoms with van der Waals surface area (Å²) in [5.74, 6) is -0.133. The maximum atomic E-state index is 11.7. The third kappa shape index (κ3) is 3.77. The molecule has 1 heterocycles. The molecule has 2 unspecified atom stereocenters. The Hall–Kier alpha value is -0.650. The molecule has 0 aromatic carbocycles. The number of carbonyl (C=O) groups excluding carboxylic acids is 1. The van der Waals surface area contributed by atoms with Gasteiger partial charge in [-0.25, -0.2) is 0 Å². The minimum absolute atomic E-state index is 0.0192. The Morgan fingerprint density at radius 3 is 3.00 bits per heavy atom. The quantitative estimate of drug-likeness (QED) is 0.457. The predicted octanol–water partition coefficient (Wildman–Crippen LogP) is -0.626. The van der Waals surface area contributed by atoms with Gasteiger partial charge in [-0.1, -0.05) is 0 Å². The minimum atomic E-state index is -0.114. The highest BCUT2D eigenvalue weighted by Gasteiger charge is 2.33. The molecule has 0 bridgehead atoms. The molecule has 0 amide bonds. The molecule has 88 valence electrons. The Kier molecular flexibility index (Phi) is 5.60. The standard InChI is InChI=1S/C10H20N2O3/c1-11-7-9-8(3-4-12-9)10(13)15-6-5-14-2/h8-9,11-12H,3-7H2,1-2H3. The summed E-state index contributed by atoms with van der Waals surface area (Å²) < 4.78 is 9.94. The zero-order valence-corrected chi connectivity index (χ0v) is 9.41. The van der Waals surface area contributed by atoms with Crippen molar-refractivity contribution >= 4 is 5.97 Å². The molecule has 1 aliphatic heterocycles. The Morgan fingerprint density at radius 2 is 2.33 bits per heavy atom. The summed E-state index contributed by atoms with van der Waals surface area (Å²) in [6, 6.07) is 0.199. The van der Waals surface area contributed by atoms with Crippen molar-refractivity contribution in [3.05, 3.63) is 0 Å². The van der Waals surface area contributed by atoms with Crippen molar-refractivity contribution in [3.63, 3.8) is 0 Å². The van der Waals surface area contributed by atoms with Crippen LogP contribution in [0.3, 0.4) is 0 Å². The number of methoxy groups -OCH3 is 1. The van der Waals surface area contributed by atoms with Gasteiger partial charge < -0.3 is 20.1 Å².